The summed E-state index contributed by atoms with van der Waals surface area (Å²) >= 11 is 0. The Kier molecular flexibility index (Phi) is 5.39. The molecule has 1 nitrogen and oxygen atoms in total. The van der Waals surface area contributed by atoms with Gasteiger partial charge in [0.2, 0.25) is 0 Å². The average Bonchev–Trinajstić information content (AvgIpc) is 2.33. The van der Waals surface area contributed by atoms with Gasteiger partial charge in [0.25, 0.3) is 0 Å². The molecule has 0 spiro atoms. The van der Waals surface area contributed by atoms with Crippen LogP contribution >= 0.6 is 0 Å². The Morgan fingerprint density at radius 2 is 1.67 bits per heavy atom. The molecule has 0 fully saturated rings. The van der Waals surface area contributed by atoms with Crippen molar-refractivity contribution < 1.29 is 9.13 Å². The molecule has 0 amide bonds. The molecular weight excluding hydrogens is 243 g/mol. The summed E-state index contributed by atoms with van der Waals surface area (Å²) in [6.07, 6.45) is 0.0859. The first-order valence-electron chi connectivity index (χ1n) is 6.95. The summed E-state index contributed by atoms with van der Waals surface area (Å²) < 4.78 is 19.3. The fourth-order valence-corrected chi connectivity index (χ4v) is 6.34. The van der Waals surface area contributed by atoms with Gasteiger partial charge in [-0.05, 0) is 25.1 Å². The summed E-state index contributed by atoms with van der Waals surface area (Å²) in [6.45, 7) is 10.7. The third kappa shape index (κ3) is 3.13. The summed E-state index contributed by atoms with van der Waals surface area (Å²) in [6, 6.07) is 8.62. The van der Waals surface area contributed by atoms with Crippen molar-refractivity contribution in [1.82, 2.24) is 0 Å². The van der Waals surface area contributed by atoms with Gasteiger partial charge in [0.05, 0.1) is 14.2 Å². The molecule has 102 valence electrons. The van der Waals surface area contributed by atoms with E-state index in [9.17, 15) is 4.39 Å². The molecule has 0 atom stereocenters. The van der Waals surface area contributed by atoms with Gasteiger partial charge in [0, 0.05) is 6.07 Å². The zero-order valence-corrected chi connectivity index (χ0v) is 13.2. The highest BCUT2D eigenvalue weighted by Crippen LogP contribution is 2.26. The molecular formula is C15H25FOSi. The van der Waals surface area contributed by atoms with Crippen LogP contribution in [0.5, 0.6) is 5.75 Å². The summed E-state index contributed by atoms with van der Waals surface area (Å²) in [5.41, 5.74) is 0. The molecule has 3 heteroatoms. The number of hydrogen-bond donors (Lipinski definition) is 0. The maximum atomic E-state index is 13.4. The van der Waals surface area contributed by atoms with E-state index in [0.29, 0.717) is 0 Å². The monoisotopic (exact) mass is 268 g/mol. The third-order valence-corrected chi connectivity index (χ3v) is 9.52. The summed E-state index contributed by atoms with van der Waals surface area (Å²) in [5.74, 6) is 0.558. The predicted molar refractivity (Wildman–Crippen MR) is 79.0 cm³/mol. The van der Waals surface area contributed by atoms with Crippen molar-refractivity contribution in [3.63, 3.8) is 0 Å². The number of rotatable bonds is 6. The van der Waals surface area contributed by atoms with E-state index in [2.05, 4.69) is 20.8 Å². The molecule has 18 heavy (non-hydrogen) atoms. The zero-order chi connectivity index (χ0) is 13.8. The van der Waals surface area contributed by atoms with Gasteiger partial charge in [-0.2, -0.15) is 0 Å². The molecule has 0 N–H and O–H groups in total. The van der Waals surface area contributed by atoms with E-state index in [-0.39, 0.29) is 11.9 Å². The fraction of sp³-hybridized carbons (Fsp3) is 0.600. The Labute approximate surface area is 111 Å². The maximum Gasteiger partial charge on any atom is 0.126 e. The topological polar surface area (TPSA) is 9.23 Å². The number of hydrogen-bond acceptors (Lipinski definition) is 1. The molecule has 0 aliphatic carbocycles. The molecule has 0 aromatic heterocycles. The van der Waals surface area contributed by atoms with Crippen molar-refractivity contribution in [2.75, 3.05) is 0 Å². The first-order valence-corrected chi connectivity index (χ1v) is 9.57. The summed E-state index contributed by atoms with van der Waals surface area (Å²) in [4.78, 5) is 0. The molecule has 1 rings (SSSR count). The maximum absolute atomic E-state index is 13.4. The van der Waals surface area contributed by atoms with E-state index in [1.165, 1.54) is 23.3 Å². The van der Waals surface area contributed by atoms with Crippen LogP contribution in [0.3, 0.4) is 0 Å². The summed E-state index contributed by atoms with van der Waals surface area (Å²) in [7, 11) is -1.52. The van der Waals surface area contributed by atoms with Gasteiger partial charge in [-0.15, -0.1) is 0 Å². The van der Waals surface area contributed by atoms with E-state index in [0.717, 1.165) is 5.75 Å². The zero-order valence-electron chi connectivity index (χ0n) is 12.2. The lowest BCUT2D eigenvalue weighted by molar-refractivity contribution is 0.243. The lowest BCUT2D eigenvalue weighted by atomic mass is 10.3. The average molecular weight is 268 g/mol. The van der Waals surface area contributed by atoms with Crippen molar-refractivity contribution in [2.24, 2.45) is 0 Å². The van der Waals surface area contributed by atoms with Crippen LogP contribution in [0, 0.1) is 5.82 Å². The molecule has 1 aromatic rings. The Morgan fingerprint density at radius 3 is 2.11 bits per heavy atom. The van der Waals surface area contributed by atoms with Crippen molar-refractivity contribution in [1.29, 1.82) is 0 Å². The minimum absolute atomic E-state index is 0.0859. The molecule has 0 aliphatic rings. The molecule has 0 saturated carbocycles. The predicted octanol–water partition coefficient (Wildman–Crippen LogP) is 4.33. The van der Waals surface area contributed by atoms with E-state index >= 15 is 0 Å². The van der Waals surface area contributed by atoms with Gasteiger partial charge in [-0.25, -0.2) is 4.39 Å². The molecule has 0 aliphatic heterocycles. The standard InChI is InChI=1S/C15H25FOSi/c1-6-18(7-2,8-3)15-10-9-13(16)11-14(15)17-12(4)5/h9-12H,6-8H2,1-5H3. The second-order valence-electron chi connectivity index (χ2n) is 5.15. The summed E-state index contributed by atoms with van der Waals surface area (Å²) in [5, 5.41) is 1.28. The van der Waals surface area contributed by atoms with Crippen LogP contribution in [-0.2, 0) is 0 Å². The molecule has 0 heterocycles. The Morgan fingerprint density at radius 1 is 1.11 bits per heavy atom. The highest BCUT2D eigenvalue weighted by Gasteiger charge is 2.32. The minimum atomic E-state index is -1.52. The first kappa shape index (κ1) is 15.2. The lowest BCUT2D eigenvalue weighted by Crippen LogP contribution is -2.46. The number of benzene rings is 1. The largest absolute Gasteiger partial charge is 0.491 e. The SMILES string of the molecule is CC[Si](CC)(CC)c1ccc(F)cc1OC(C)C. The van der Waals surface area contributed by atoms with Crippen molar-refractivity contribution in [3.05, 3.63) is 24.0 Å². The molecule has 0 radical (unpaired) electrons. The Bertz CT molecular complexity index is 378. The highest BCUT2D eigenvalue weighted by molar-refractivity contribution is 6.92. The quantitative estimate of drug-likeness (QED) is 0.698. The van der Waals surface area contributed by atoms with Crippen LogP contribution in [0.2, 0.25) is 18.1 Å². The normalized spacial score (nSPS) is 11.9. The number of halogens is 1. The molecule has 1 aromatic carbocycles. The Balaban J connectivity index is 3.28. The van der Waals surface area contributed by atoms with E-state index in [1.807, 2.05) is 19.9 Å². The van der Waals surface area contributed by atoms with Gasteiger partial charge >= 0.3 is 0 Å². The molecule has 0 bridgehead atoms. The van der Waals surface area contributed by atoms with Crippen LogP contribution in [-0.4, -0.2) is 14.2 Å². The van der Waals surface area contributed by atoms with Crippen LogP contribution in [0.4, 0.5) is 4.39 Å². The second-order valence-corrected chi connectivity index (χ2v) is 10.4. The van der Waals surface area contributed by atoms with Gasteiger partial charge < -0.3 is 4.74 Å². The second kappa shape index (κ2) is 6.37. The Hall–Kier alpha value is -0.833. The van der Waals surface area contributed by atoms with Gasteiger partial charge in [-0.3, -0.25) is 0 Å². The van der Waals surface area contributed by atoms with Crippen molar-refractivity contribution in [3.8, 4) is 5.75 Å². The van der Waals surface area contributed by atoms with Crippen LogP contribution in [0.1, 0.15) is 34.6 Å². The van der Waals surface area contributed by atoms with Crippen molar-refractivity contribution in [2.45, 2.75) is 58.9 Å². The van der Waals surface area contributed by atoms with E-state index < -0.39 is 8.07 Å². The van der Waals surface area contributed by atoms with Crippen molar-refractivity contribution >= 4 is 13.3 Å². The fourth-order valence-electron chi connectivity index (χ4n) is 2.61. The minimum Gasteiger partial charge on any atom is -0.491 e. The molecule has 0 saturated heterocycles. The van der Waals surface area contributed by atoms with Crippen LogP contribution in [0.25, 0.3) is 0 Å². The van der Waals surface area contributed by atoms with Gasteiger partial charge in [0.15, 0.2) is 0 Å². The highest BCUT2D eigenvalue weighted by atomic mass is 28.3. The van der Waals surface area contributed by atoms with E-state index in [4.69, 9.17) is 4.74 Å². The lowest BCUT2D eigenvalue weighted by Gasteiger charge is -2.31. The van der Waals surface area contributed by atoms with Crippen LogP contribution in [0.15, 0.2) is 18.2 Å². The van der Waals surface area contributed by atoms with Crippen LogP contribution < -0.4 is 9.92 Å². The first-order chi connectivity index (χ1) is 8.49. The van der Waals surface area contributed by atoms with Gasteiger partial charge in [-0.1, -0.05) is 45.0 Å². The third-order valence-electron chi connectivity index (χ3n) is 3.91. The molecule has 0 unspecified atom stereocenters. The smallest absolute Gasteiger partial charge is 0.126 e. The van der Waals surface area contributed by atoms with E-state index in [1.54, 1.807) is 12.1 Å². The number of ether oxygens (including phenoxy) is 1. The van der Waals surface area contributed by atoms with Gasteiger partial charge in [0.1, 0.15) is 11.6 Å².